The molecule has 2 heterocycles. The summed E-state index contributed by atoms with van der Waals surface area (Å²) in [6.45, 7) is 7.15. The molecule has 0 bridgehead atoms. The molecule has 8 heteroatoms. The number of amides is 2. The van der Waals surface area contributed by atoms with Crippen molar-refractivity contribution in [1.82, 2.24) is 14.8 Å². The van der Waals surface area contributed by atoms with E-state index in [2.05, 4.69) is 15.2 Å². The third kappa shape index (κ3) is 5.31. The minimum atomic E-state index is -0.0772. The maximum absolute atomic E-state index is 12.5. The van der Waals surface area contributed by atoms with Gasteiger partial charge in [0, 0.05) is 48.1 Å². The average Bonchev–Trinajstić information content (AvgIpc) is 2.88. The Morgan fingerprint density at radius 2 is 1.93 bits per heavy atom. The van der Waals surface area contributed by atoms with Gasteiger partial charge in [0.15, 0.2) is 5.13 Å². The number of nitrogens with one attached hydrogen (secondary N) is 1. The standard InChI is InChI=1S/C20H25ClN4O2S/c1-3-18(27)25-10-4-9-24(11-12-25)13-17(26)22-20-23-19(14(2)28-20)15-5-7-16(21)8-6-15/h5-8H,3-4,9-13H2,1-2H3,(H,22,23,26). The number of anilines is 1. The first-order valence-electron chi connectivity index (χ1n) is 9.49. The van der Waals surface area contributed by atoms with Gasteiger partial charge >= 0.3 is 0 Å². The summed E-state index contributed by atoms with van der Waals surface area (Å²) in [6, 6.07) is 7.52. The van der Waals surface area contributed by atoms with Crippen molar-refractivity contribution in [3.63, 3.8) is 0 Å². The monoisotopic (exact) mass is 420 g/mol. The molecular weight excluding hydrogens is 396 g/mol. The fraction of sp³-hybridized carbons (Fsp3) is 0.450. The van der Waals surface area contributed by atoms with Crippen LogP contribution in [0.15, 0.2) is 24.3 Å². The van der Waals surface area contributed by atoms with E-state index in [4.69, 9.17) is 11.6 Å². The molecule has 0 radical (unpaired) electrons. The molecule has 0 saturated carbocycles. The lowest BCUT2D eigenvalue weighted by atomic mass is 10.1. The van der Waals surface area contributed by atoms with E-state index in [0.717, 1.165) is 35.6 Å². The van der Waals surface area contributed by atoms with Crippen molar-refractivity contribution in [1.29, 1.82) is 0 Å². The van der Waals surface area contributed by atoms with Crippen molar-refractivity contribution in [2.24, 2.45) is 0 Å². The van der Waals surface area contributed by atoms with E-state index >= 15 is 0 Å². The van der Waals surface area contributed by atoms with Gasteiger partial charge in [0.2, 0.25) is 11.8 Å². The first-order valence-corrected chi connectivity index (χ1v) is 10.7. The molecule has 0 spiro atoms. The molecule has 1 saturated heterocycles. The molecule has 1 fully saturated rings. The molecule has 0 aliphatic carbocycles. The molecule has 1 aliphatic heterocycles. The average molecular weight is 421 g/mol. The van der Waals surface area contributed by atoms with Crippen LogP contribution < -0.4 is 5.32 Å². The zero-order valence-electron chi connectivity index (χ0n) is 16.2. The molecule has 6 nitrogen and oxygen atoms in total. The lowest BCUT2D eigenvalue weighted by Gasteiger charge is -2.21. The van der Waals surface area contributed by atoms with Crippen molar-refractivity contribution >= 4 is 39.9 Å². The van der Waals surface area contributed by atoms with Gasteiger partial charge in [0.05, 0.1) is 12.2 Å². The number of hydrogen-bond donors (Lipinski definition) is 1. The zero-order chi connectivity index (χ0) is 20.1. The Balaban J connectivity index is 1.57. The van der Waals surface area contributed by atoms with Crippen molar-refractivity contribution < 1.29 is 9.59 Å². The van der Waals surface area contributed by atoms with E-state index in [9.17, 15) is 9.59 Å². The van der Waals surface area contributed by atoms with Crippen molar-refractivity contribution in [3.05, 3.63) is 34.2 Å². The van der Waals surface area contributed by atoms with Gasteiger partial charge in [-0.1, -0.05) is 30.7 Å². The zero-order valence-corrected chi connectivity index (χ0v) is 17.8. The number of aromatic nitrogens is 1. The normalized spacial score (nSPS) is 15.3. The Morgan fingerprint density at radius 1 is 1.18 bits per heavy atom. The summed E-state index contributed by atoms with van der Waals surface area (Å²) in [5.74, 6) is 0.103. The van der Waals surface area contributed by atoms with E-state index in [1.54, 1.807) is 0 Å². The van der Waals surface area contributed by atoms with Crippen LogP contribution in [0.3, 0.4) is 0 Å². The third-order valence-corrected chi connectivity index (χ3v) is 5.91. The number of benzene rings is 1. The van der Waals surface area contributed by atoms with Crippen LogP contribution in [-0.4, -0.2) is 59.3 Å². The first-order chi connectivity index (χ1) is 13.5. The third-order valence-electron chi connectivity index (χ3n) is 4.77. The molecule has 3 rings (SSSR count). The summed E-state index contributed by atoms with van der Waals surface area (Å²) in [4.78, 5) is 34.0. The summed E-state index contributed by atoms with van der Waals surface area (Å²) in [5.41, 5.74) is 1.84. The number of aryl methyl sites for hydroxylation is 1. The summed E-state index contributed by atoms with van der Waals surface area (Å²) in [7, 11) is 0. The Kier molecular flexibility index (Phi) is 7.04. The molecule has 2 aromatic rings. The molecule has 1 aromatic carbocycles. The van der Waals surface area contributed by atoms with E-state index in [0.29, 0.717) is 36.2 Å². The Labute approximate surface area is 174 Å². The van der Waals surface area contributed by atoms with E-state index < -0.39 is 0 Å². The summed E-state index contributed by atoms with van der Waals surface area (Å²) < 4.78 is 0. The maximum Gasteiger partial charge on any atom is 0.240 e. The second-order valence-corrected chi connectivity index (χ2v) is 8.48. The van der Waals surface area contributed by atoms with Gasteiger partial charge in [0.1, 0.15) is 0 Å². The predicted molar refractivity (Wildman–Crippen MR) is 114 cm³/mol. The second-order valence-electron chi connectivity index (χ2n) is 6.84. The van der Waals surface area contributed by atoms with E-state index in [-0.39, 0.29) is 11.8 Å². The fourth-order valence-corrected chi connectivity index (χ4v) is 4.27. The predicted octanol–water partition coefficient (Wildman–Crippen LogP) is 3.65. The fourth-order valence-electron chi connectivity index (χ4n) is 3.29. The van der Waals surface area contributed by atoms with Crippen LogP contribution in [0.1, 0.15) is 24.6 Å². The molecule has 0 atom stereocenters. The van der Waals surface area contributed by atoms with Crippen LogP contribution in [-0.2, 0) is 9.59 Å². The second kappa shape index (κ2) is 9.49. The highest BCUT2D eigenvalue weighted by Gasteiger charge is 2.20. The highest BCUT2D eigenvalue weighted by molar-refractivity contribution is 7.16. The van der Waals surface area contributed by atoms with Crippen LogP contribution >= 0.6 is 22.9 Å². The van der Waals surface area contributed by atoms with Crippen LogP contribution in [0.4, 0.5) is 5.13 Å². The summed E-state index contributed by atoms with van der Waals surface area (Å²) >= 11 is 7.42. The van der Waals surface area contributed by atoms with Crippen LogP contribution in [0.2, 0.25) is 5.02 Å². The van der Waals surface area contributed by atoms with Gasteiger partial charge in [-0.25, -0.2) is 4.98 Å². The number of thiazole rings is 1. The Bertz CT molecular complexity index is 837. The van der Waals surface area contributed by atoms with Gasteiger partial charge in [-0.3, -0.25) is 14.5 Å². The number of carbonyl (C=O) groups excluding carboxylic acids is 2. The molecule has 28 heavy (non-hydrogen) atoms. The van der Waals surface area contributed by atoms with Gasteiger partial charge in [0.25, 0.3) is 0 Å². The van der Waals surface area contributed by atoms with Crippen LogP contribution in [0.25, 0.3) is 11.3 Å². The Hall–Kier alpha value is -1.96. The number of rotatable bonds is 5. The van der Waals surface area contributed by atoms with Gasteiger partial charge in [-0.2, -0.15) is 0 Å². The largest absolute Gasteiger partial charge is 0.341 e. The number of carbonyl (C=O) groups is 2. The smallest absolute Gasteiger partial charge is 0.240 e. The number of nitrogens with zero attached hydrogens (tertiary/aromatic N) is 3. The molecular formula is C20H25ClN4O2S. The minimum absolute atomic E-state index is 0.0772. The molecule has 1 aliphatic rings. The van der Waals surface area contributed by atoms with E-state index in [1.807, 2.05) is 43.0 Å². The van der Waals surface area contributed by atoms with Crippen LogP contribution in [0.5, 0.6) is 0 Å². The van der Waals surface area contributed by atoms with Gasteiger partial charge in [-0.05, 0) is 25.5 Å². The van der Waals surface area contributed by atoms with Crippen LogP contribution in [0, 0.1) is 6.92 Å². The molecule has 2 amide bonds. The number of hydrogen-bond acceptors (Lipinski definition) is 5. The van der Waals surface area contributed by atoms with Gasteiger partial charge in [-0.15, -0.1) is 11.3 Å². The lowest BCUT2D eigenvalue weighted by Crippen LogP contribution is -2.37. The highest BCUT2D eigenvalue weighted by Crippen LogP contribution is 2.31. The lowest BCUT2D eigenvalue weighted by molar-refractivity contribution is -0.130. The van der Waals surface area contributed by atoms with Gasteiger partial charge < -0.3 is 10.2 Å². The van der Waals surface area contributed by atoms with Crippen molar-refractivity contribution in [2.75, 3.05) is 38.0 Å². The number of halogens is 1. The molecule has 150 valence electrons. The van der Waals surface area contributed by atoms with Crippen molar-refractivity contribution in [3.8, 4) is 11.3 Å². The summed E-state index contributed by atoms with van der Waals surface area (Å²) in [5, 5.41) is 4.20. The van der Waals surface area contributed by atoms with E-state index in [1.165, 1.54) is 11.3 Å². The SMILES string of the molecule is CCC(=O)N1CCCN(CC(=O)Nc2nc(-c3ccc(Cl)cc3)c(C)s2)CC1. The minimum Gasteiger partial charge on any atom is -0.341 e. The molecule has 0 unspecified atom stereocenters. The topological polar surface area (TPSA) is 65.5 Å². The van der Waals surface area contributed by atoms with Crippen molar-refractivity contribution in [2.45, 2.75) is 26.7 Å². The molecule has 1 N–H and O–H groups in total. The molecule has 1 aromatic heterocycles. The quantitative estimate of drug-likeness (QED) is 0.801. The highest BCUT2D eigenvalue weighted by atomic mass is 35.5. The maximum atomic E-state index is 12.5. The Morgan fingerprint density at radius 3 is 2.64 bits per heavy atom. The summed E-state index contributed by atoms with van der Waals surface area (Å²) in [6.07, 6.45) is 1.41. The first kappa shape index (κ1) is 20.8.